The number of hydroxylamine groups is 1. The van der Waals surface area contributed by atoms with Crippen molar-refractivity contribution in [3.05, 3.63) is 65.7 Å². The fourth-order valence-electron chi connectivity index (χ4n) is 11.2. The van der Waals surface area contributed by atoms with Gasteiger partial charge in [-0.2, -0.15) is 0 Å². The van der Waals surface area contributed by atoms with E-state index >= 15 is 0 Å². The maximum absolute atomic E-state index is 14.6. The van der Waals surface area contributed by atoms with E-state index in [4.69, 9.17) is 25.2 Å². The van der Waals surface area contributed by atoms with Crippen LogP contribution in [-0.2, 0) is 70.5 Å². The molecule has 10 amide bonds. The smallest absolute Gasteiger partial charge is 0.312 e. The second kappa shape index (κ2) is 37.6. The van der Waals surface area contributed by atoms with E-state index in [1.807, 2.05) is 90.9 Å². The van der Waals surface area contributed by atoms with Crippen LogP contribution >= 0.6 is 0 Å². The number of primary amides is 1. The van der Waals surface area contributed by atoms with Crippen molar-refractivity contribution in [1.29, 1.82) is 0 Å². The Balaban J connectivity index is 1.74. The first-order valence-electron chi connectivity index (χ1n) is 30.7. The van der Waals surface area contributed by atoms with Gasteiger partial charge in [0.2, 0.25) is 41.4 Å². The lowest BCUT2D eigenvalue weighted by atomic mass is 9.89. The molecule has 1 fully saturated rings. The van der Waals surface area contributed by atoms with Gasteiger partial charge in [-0.15, -0.1) is 0 Å². The summed E-state index contributed by atoms with van der Waals surface area (Å²) >= 11 is 0. The van der Waals surface area contributed by atoms with Gasteiger partial charge >= 0.3 is 12.0 Å². The van der Waals surface area contributed by atoms with Crippen molar-refractivity contribution in [2.24, 2.45) is 35.3 Å². The number of nitrogens with one attached hydrogen (secondary N) is 7. The number of rotatable bonds is 38. The maximum Gasteiger partial charge on any atom is 0.312 e. The molecular weight excluding hydrogens is 1130 g/mol. The summed E-state index contributed by atoms with van der Waals surface area (Å²) in [7, 11) is 8.36. The number of urea groups is 1. The van der Waals surface area contributed by atoms with Crippen LogP contribution in [0.2, 0.25) is 0 Å². The number of aliphatic carboxylic acids is 1. The van der Waals surface area contributed by atoms with E-state index in [1.165, 1.54) is 14.2 Å². The summed E-state index contributed by atoms with van der Waals surface area (Å²) in [6.07, 6.45) is 0.475. The minimum atomic E-state index is -1.11. The van der Waals surface area contributed by atoms with Crippen LogP contribution in [0.5, 0.6) is 0 Å². The van der Waals surface area contributed by atoms with Crippen molar-refractivity contribution in [3.63, 3.8) is 0 Å². The van der Waals surface area contributed by atoms with Gasteiger partial charge in [-0.05, 0) is 93.1 Å². The summed E-state index contributed by atoms with van der Waals surface area (Å²) in [6, 6.07) is 9.24. The van der Waals surface area contributed by atoms with E-state index in [0.717, 1.165) is 5.56 Å². The van der Waals surface area contributed by atoms with E-state index in [9.17, 15) is 47.9 Å². The van der Waals surface area contributed by atoms with Crippen LogP contribution in [0.25, 0.3) is 0 Å². The number of hydrogen-bond acceptors (Lipinski definition) is 14. The van der Waals surface area contributed by atoms with Crippen molar-refractivity contribution in [3.8, 4) is 0 Å². The van der Waals surface area contributed by atoms with Crippen molar-refractivity contribution < 1.29 is 67.4 Å². The summed E-state index contributed by atoms with van der Waals surface area (Å²) in [5.41, 5.74) is 9.38. The quantitative estimate of drug-likeness (QED) is 0.0340. The fourth-order valence-corrected chi connectivity index (χ4v) is 11.2. The van der Waals surface area contributed by atoms with Gasteiger partial charge in [0.15, 0.2) is 0 Å². The normalized spacial score (nSPS) is 16.7. The van der Waals surface area contributed by atoms with E-state index in [0.29, 0.717) is 37.1 Å². The topological polar surface area (TPSA) is 339 Å². The molecule has 0 saturated carbocycles. The Morgan fingerprint density at radius 3 is 1.90 bits per heavy atom. The summed E-state index contributed by atoms with van der Waals surface area (Å²) in [5, 5.41) is 25.5. The molecule has 492 valence electrons. The predicted octanol–water partition coefficient (Wildman–Crippen LogP) is 3.88. The molecule has 25 nitrogen and oxygen atoms in total. The minimum Gasteiger partial charge on any atom is -0.481 e. The number of anilines is 1. The molecule has 0 aromatic heterocycles. The monoisotopic (exact) mass is 1240 g/mol. The van der Waals surface area contributed by atoms with Crippen LogP contribution in [0.1, 0.15) is 131 Å². The number of nitrogens with two attached hydrogens (primary N) is 1. The zero-order valence-electron chi connectivity index (χ0n) is 54.1. The van der Waals surface area contributed by atoms with Crippen molar-refractivity contribution in [2.45, 2.75) is 188 Å². The van der Waals surface area contributed by atoms with Gasteiger partial charge in [-0.25, -0.2) is 10.3 Å². The molecule has 1 saturated heterocycles. The third kappa shape index (κ3) is 23.7. The van der Waals surface area contributed by atoms with Gasteiger partial charge in [0.25, 0.3) is 5.91 Å². The highest BCUT2D eigenvalue weighted by molar-refractivity contribution is 5.98. The summed E-state index contributed by atoms with van der Waals surface area (Å²) in [4.78, 5) is 144. The van der Waals surface area contributed by atoms with Gasteiger partial charge < -0.3 is 62.0 Å². The Labute approximate surface area is 519 Å². The number of likely N-dealkylation sites (N-methyl/N-ethyl adjacent to an activating group) is 2. The minimum absolute atomic E-state index is 0.00590. The number of ether oxygens (including phenoxy) is 2. The number of carbonyl (C=O) groups is 10. The van der Waals surface area contributed by atoms with Crippen LogP contribution in [-0.4, -0.2) is 182 Å². The standard InChI is InChI=1S/C63H101N11O14/c1-15-40(8)55(73(12)62(84)53(38(4)5)70-61(83)54(39(6)7)72(10)11)48(86-13)35-50(76)74-33-21-25-47(74)56(87-14)41(9)57(79)68-46(34-42-22-17-16-18-23-42)59(81)71-88-36-43-28-30-44(31-29-43)66-58(80)45(24-20-32-65-63(64)85)67-60(82)52(37(2)3)69-49(75)26-19-27-51(77)78/h16-18,22-23,28-31,37-41,45-48,52-56H,15,19-21,24-27,32-36H2,1-14H3,(H,66,80)(H,67,82)(H,68,79)(H,69,75)(H,70,83)(H,71,81)(H,77,78)(H3,64,65,85). The molecule has 0 spiro atoms. The third-order valence-electron chi connectivity index (χ3n) is 16.2. The highest BCUT2D eigenvalue weighted by Gasteiger charge is 2.44. The molecule has 25 heteroatoms. The van der Waals surface area contributed by atoms with Crippen molar-refractivity contribution >= 4 is 64.9 Å². The van der Waals surface area contributed by atoms with E-state index < -0.39 is 108 Å². The Kier molecular flexibility index (Phi) is 32.0. The maximum atomic E-state index is 14.6. The Morgan fingerprint density at radius 2 is 1.34 bits per heavy atom. The van der Waals surface area contributed by atoms with Crippen LogP contribution in [0.3, 0.4) is 0 Å². The first-order valence-corrected chi connectivity index (χ1v) is 30.7. The molecule has 1 aliphatic rings. The molecule has 2 aromatic rings. The number of benzene rings is 2. The molecule has 0 aliphatic carbocycles. The molecule has 2 aromatic carbocycles. The van der Waals surface area contributed by atoms with Crippen LogP contribution in [0, 0.1) is 29.6 Å². The Morgan fingerprint density at radius 1 is 0.705 bits per heavy atom. The molecule has 88 heavy (non-hydrogen) atoms. The molecular formula is C63H101N11O14. The van der Waals surface area contributed by atoms with Crippen LogP contribution in [0.15, 0.2) is 54.6 Å². The molecule has 1 aliphatic heterocycles. The third-order valence-corrected chi connectivity index (χ3v) is 16.2. The van der Waals surface area contributed by atoms with Crippen molar-refractivity contribution in [2.75, 3.05) is 53.8 Å². The summed E-state index contributed by atoms with van der Waals surface area (Å²) < 4.78 is 12.1. The molecule has 3 rings (SSSR count). The van der Waals surface area contributed by atoms with Gasteiger partial charge in [-0.1, -0.05) is 111 Å². The zero-order valence-corrected chi connectivity index (χ0v) is 54.1. The first-order chi connectivity index (χ1) is 41.6. The molecule has 11 atom stereocenters. The lowest BCUT2D eigenvalue weighted by molar-refractivity contribution is -0.148. The predicted molar refractivity (Wildman–Crippen MR) is 332 cm³/mol. The SMILES string of the molecule is CCC(C)C(C(CC(=O)N1CCCC1C(OC)C(C)C(=O)NC(Cc1ccccc1)C(=O)NOCc1ccc(NC(=O)C(CCCNC(N)=O)NC(=O)C(NC(=O)CCCC(=O)O)C(C)C)cc1)OC)N(C)C(=O)C(NC(=O)C(C(C)C)N(C)C)C(C)C. The van der Waals surface area contributed by atoms with Gasteiger partial charge in [0.05, 0.1) is 49.3 Å². The number of nitrogens with zero attached hydrogens (tertiary/aromatic N) is 3. The largest absolute Gasteiger partial charge is 0.481 e. The second-order valence-electron chi connectivity index (χ2n) is 24.2. The van der Waals surface area contributed by atoms with E-state index in [-0.39, 0.29) is 93.6 Å². The average molecular weight is 1240 g/mol. The summed E-state index contributed by atoms with van der Waals surface area (Å²) in [6.45, 7) is 17.2. The number of hydrogen-bond donors (Lipinski definition) is 9. The highest BCUT2D eigenvalue weighted by Crippen LogP contribution is 2.30. The van der Waals surface area contributed by atoms with E-state index in [2.05, 4.69) is 37.4 Å². The number of carbonyl (C=O) groups excluding carboxylic acids is 9. The van der Waals surface area contributed by atoms with E-state index in [1.54, 1.807) is 61.9 Å². The lowest BCUT2D eigenvalue weighted by Crippen LogP contribution is -2.59. The number of carboxylic acids is 1. The first kappa shape index (κ1) is 75.0. The lowest BCUT2D eigenvalue weighted by Gasteiger charge is -2.41. The van der Waals surface area contributed by atoms with Crippen molar-refractivity contribution in [1.82, 2.24) is 46.8 Å². The number of carboxylic acid groups (broad SMARTS) is 1. The Bertz CT molecular complexity index is 2580. The van der Waals surface area contributed by atoms with Gasteiger partial charge in [0.1, 0.15) is 24.2 Å². The zero-order chi connectivity index (χ0) is 65.9. The molecule has 1 heterocycles. The average Bonchev–Trinajstić information content (AvgIpc) is 4.20. The Hall–Kier alpha value is -7.22. The molecule has 0 bridgehead atoms. The second-order valence-corrected chi connectivity index (χ2v) is 24.2. The summed E-state index contributed by atoms with van der Waals surface area (Å²) in [5.74, 6) is -6.30. The fraction of sp³-hybridized carbons (Fsp3) is 0.651. The van der Waals surface area contributed by atoms with Crippen LogP contribution < -0.4 is 43.1 Å². The van der Waals surface area contributed by atoms with Crippen LogP contribution in [0.4, 0.5) is 10.5 Å². The highest BCUT2D eigenvalue weighted by atomic mass is 16.7. The number of methoxy groups -OCH3 is 2. The molecule has 10 N–H and O–H groups in total. The van der Waals surface area contributed by atoms with Gasteiger partial charge in [0, 0.05) is 59.3 Å². The molecule has 11 unspecified atom stereocenters. The number of amides is 10. The van der Waals surface area contributed by atoms with Gasteiger partial charge in [-0.3, -0.25) is 52.9 Å². The molecule has 0 radical (unpaired) electrons. The number of likely N-dealkylation sites (tertiary alicyclic amines) is 1.